The van der Waals surface area contributed by atoms with Crippen molar-refractivity contribution in [2.24, 2.45) is 0 Å². The van der Waals surface area contributed by atoms with Crippen molar-refractivity contribution < 1.29 is 23.5 Å². The molecule has 4 rings (SSSR count). The molecule has 0 spiro atoms. The zero-order valence-electron chi connectivity index (χ0n) is 26.9. The van der Waals surface area contributed by atoms with Gasteiger partial charge in [-0.15, -0.1) is 0 Å². The lowest BCUT2D eigenvalue weighted by Crippen LogP contribution is -2.53. The third-order valence-electron chi connectivity index (χ3n) is 8.19. The molecule has 0 bridgehead atoms. The van der Waals surface area contributed by atoms with Crippen LogP contribution >= 0.6 is 0 Å². The normalized spacial score (nSPS) is 17.1. The van der Waals surface area contributed by atoms with Crippen LogP contribution in [0.1, 0.15) is 84.9 Å². The van der Waals surface area contributed by atoms with E-state index < -0.39 is 35.5 Å². The largest absolute Gasteiger partial charge is 0.444 e. The van der Waals surface area contributed by atoms with E-state index in [1.54, 1.807) is 76.0 Å². The number of nitrogens with zero attached hydrogens (tertiary/aromatic N) is 3. The Morgan fingerprint density at radius 3 is 2.51 bits per heavy atom. The van der Waals surface area contributed by atoms with Crippen molar-refractivity contribution in [2.45, 2.75) is 84.5 Å². The number of H-pyrrole nitrogens is 1. The van der Waals surface area contributed by atoms with E-state index in [2.05, 4.69) is 15.5 Å². The Hall–Kier alpha value is -4.54. The second-order valence-electron chi connectivity index (χ2n) is 12.7. The van der Waals surface area contributed by atoms with Gasteiger partial charge in [-0.25, -0.2) is 14.3 Å². The number of carbonyl (C=O) groups is 3. The molecular formula is C34H42FN5O5. The first-order chi connectivity index (χ1) is 21.1. The summed E-state index contributed by atoms with van der Waals surface area (Å²) in [4.78, 5) is 55.2. The van der Waals surface area contributed by atoms with Gasteiger partial charge in [-0.05, 0) is 101 Å². The molecule has 3 amide bonds. The molecule has 2 aromatic carbocycles. The second-order valence-corrected chi connectivity index (χ2v) is 12.7. The number of halogens is 1. The Bertz CT molecular complexity index is 1630. The minimum atomic E-state index is -0.684. The average molecular weight is 620 g/mol. The van der Waals surface area contributed by atoms with E-state index in [4.69, 9.17) is 4.74 Å². The zero-order valence-corrected chi connectivity index (χ0v) is 26.9. The monoisotopic (exact) mass is 619 g/mol. The first-order valence-corrected chi connectivity index (χ1v) is 15.1. The van der Waals surface area contributed by atoms with E-state index >= 15 is 0 Å². The predicted octanol–water partition coefficient (Wildman–Crippen LogP) is 4.83. The minimum absolute atomic E-state index is 0.260. The van der Waals surface area contributed by atoms with Gasteiger partial charge in [-0.2, -0.15) is 5.10 Å². The van der Waals surface area contributed by atoms with Gasteiger partial charge in [0, 0.05) is 24.6 Å². The Morgan fingerprint density at radius 2 is 1.84 bits per heavy atom. The molecular weight excluding hydrogens is 577 g/mol. The maximum Gasteiger partial charge on any atom is 0.410 e. The van der Waals surface area contributed by atoms with Crippen LogP contribution in [0.2, 0.25) is 0 Å². The highest BCUT2D eigenvalue weighted by molar-refractivity contribution is 5.96. The highest BCUT2D eigenvalue weighted by Crippen LogP contribution is 2.38. The summed E-state index contributed by atoms with van der Waals surface area (Å²) in [5.74, 6) is -1.17. The summed E-state index contributed by atoms with van der Waals surface area (Å²) in [5.41, 5.74) is 3.08. The first-order valence-electron chi connectivity index (χ1n) is 15.1. The van der Waals surface area contributed by atoms with E-state index in [1.165, 1.54) is 17.0 Å². The Labute approximate surface area is 263 Å². The molecule has 0 unspecified atom stereocenters. The number of likely N-dealkylation sites (N-methyl/N-ethyl adjacent to an activating group) is 1. The number of aromatic nitrogens is 2. The van der Waals surface area contributed by atoms with Crippen molar-refractivity contribution >= 4 is 17.9 Å². The van der Waals surface area contributed by atoms with Gasteiger partial charge in [0.05, 0.1) is 30.4 Å². The molecule has 0 radical (unpaired) electrons. The summed E-state index contributed by atoms with van der Waals surface area (Å²) in [6.45, 7) is 10.6. The Morgan fingerprint density at radius 1 is 1.11 bits per heavy atom. The van der Waals surface area contributed by atoms with Crippen LogP contribution in [0.15, 0.2) is 53.3 Å². The molecule has 1 fully saturated rings. The molecule has 2 N–H and O–H groups in total. The van der Waals surface area contributed by atoms with Crippen LogP contribution in [0.5, 0.6) is 0 Å². The molecule has 10 nitrogen and oxygen atoms in total. The minimum Gasteiger partial charge on any atom is -0.444 e. The maximum atomic E-state index is 14.2. The van der Waals surface area contributed by atoms with Crippen LogP contribution < -0.4 is 10.9 Å². The summed E-state index contributed by atoms with van der Waals surface area (Å²) < 4.78 is 19.8. The summed E-state index contributed by atoms with van der Waals surface area (Å²) >= 11 is 0. The molecule has 0 aliphatic carbocycles. The number of rotatable bonds is 8. The quantitative estimate of drug-likeness (QED) is 0.372. The third-order valence-corrected chi connectivity index (χ3v) is 8.19. The van der Waals surface area contributed by atoms with Crippen LogP contribution in [0.25, 0.3) is 0 Å². The number of aryl methyl sites for hydroxylation is 2. The molecule has 11 heteroatoms. The van der Waals surface area contributed by atoms with E-state index in [0.717, 1.165) is 11.1 Å². The first kappa shape index (κ1) is 33.4. The lowest BCUT2D eigenvalue weighted by Gasteiger charge is -2.38. The smallest absolute Gasteiger partial charge is 0.410 e. The fourth-order valence-electron chi connectivity index (χ4n) is 5.75. The number of aromatic amines is 1. The topological polar surface area (TPSA) is 125 Å². The lowest BCUT2D eigenvalue weighted by atomic mass is 9.99. The Kier molecular flexibility index (Phi) is 10.1. The summed E-state index contributed by atoms with van der Waals surface area (Å²) in [5, 5.41) is 9.14. The van der Waals surface area contributed by atoms with Gasteiger partial charge in [-0.3, -0.25) is 14.4 Å². The number of hydrogen-bond donors (Lipinski definition) is 2. The zero-order chi connectivity index (χ0) is 33.1. The van der Waals surface area contributed by atoms with E-state index in [9.17, 15) is 23.6 Å². The summed E-state index contributed by atoms with van der Waals surface area (Å²) in [7, 11) is 1.64. The standard InChI is InChI=1S/C34H42FN5O5/c1-20-15-25(12-11-23(20)17-26-16-21(2)37-38-32(26)43)31(42)36-19-30(41)40-28(22(3)39(7)33(44)45-34(4,5)6)13-14-29(40)24-9-8-10-27(35)18-24/h8-12,15-16,18,22,28-29H,13-14,17,19H2,1-7H3,(H,36,42)(H,38,43)/t22-,28+,29-/m0/s1. The lowest BCUT2D eigenvalue weighted by molar-refractivity contribution is -0.134. The van der Waals surface area contributed by atoms with Crippen molar-refractivity contribution in [1.82, 2.24) is 25.3 Å². The fourth-order valence-corrected chi connectivity index (χ4v) is 5.75. The molecule has 1 aliphatic heterocycles. The molecule has 45 heavy (non-hydrogen) atoms. The molecule has 3 aromatic rings. The molecule has 2 heterocycles. The van der Waals surface area contributed by atoms with Gasteiger partial charge < -0.3 is 19.9 Å². The van der Waals surface area contributed by atoms with Crippen molar-refractivity contribution in [3.05, 3.63) is 98.2 Å². The van der Waals surface area contributed by atoms with Crippen molar-refractivity contribution in [1.29, 1.82) is 0 Å². The molecule has 1 saturated heterocycles. The van der Waals surface area contributed by atoms with Gasteiger partial charge in [0.2, 0.25) is 5.91 Å². The van der Waals surface area contributed by atoms with Gasteiger partial charge in [0.25, 0.3) is 11.5 Å². The van der Waals surface area contributed by atoms with Crippen LogP contribution in [0.3, 0.4) is 0 Å². The van der Waals surface area contributed by atoms with Gasteiger partial charge >= 0.3 is 6.09 Å². The number of amides is 3. The molecule has 240 valence electrons. The summed E-state index contributed by atoms with van der Waals surface area (Å²) in [6.07, 6.45) is 1.03. The number of ether oxygens (including phenoxy) is 1. The molecule has 0 saturated carbocycles. The number of benzene rings is 2. The predicted molar refractivity (Wildman–Crippen MR) is 168 cm³/mol. The van der Waals surface area contributed by atoms with E-state index in [0.29, 0.717) is 41.6 Å². The fraction of sp³-hybridized carbons (Fsp3) is 0.441. The third kappa shape index (κ3) is 8.14. The number of hydrogen-bond acceptors (Lipinski definition) is 6. The molecule has 3 atom stereocenters. The second kappa shape index (κ2) is 13.6. The highest BCUT2D eigenvalue weighted by atomic mass is 19.1. The maximum absolute atomic E-state index is 14.2. The van der Waals surface area contributed by atoms with Crippen LogP contribution in [0.4, 0.5) is 9.18 Å². The van der Waals surface area contributed by atoms with Gasteiger partial charge in [-0.1, -0.05) is 18.2 Å². The SMILES string of the molecule is Cc1cc(Cc2ccc(C(=O)NCC(=O)N3[C@@H]([C@H](C)N(C)C(=O)OC(C)(C)C)CC[C@H]3c3cccc(F)c3)cc2C)c(=O)[nH]n1. The van der Waals surface area contributed by atoms with Gasteiger partial charge in [0.1, 0.15) is 11.4 Å². The number of carbonyl (C=O) groups excluding carboxylic acids is 3. The molecule has 1 aromatic heterocycles. The van der Waals surface area contributed by atoms with Crippen molar-refractivity contribution in [2.75, 3.05) is 13.6 Å². The number of likely N-dealkylation sites (tertiary alicyclic amines) is 1. The average Bonchev–Trinajstić information content (AvgIpc) is 3.42. The Balaban J connectivity index is 1.50. The van der Waals surface area contributed by atoms with Gasteiger partial charge in [0.15, 0.2) is 0 Å². The van der Waals surface area contributed by atoms with Crippen LogP contribution in [-0.2, 0) is 16.0 Å². The van der Waals surface area contributed by atoms with E-state index in [-0.39, 0.29) is 24.1 Å². The van der Waals surface area contributed by atoms with E-state index in [1.807, 2.05) is 13.8 Å². The number of nitrogens with one attached hydrogen (secondary N) is 2. The van der Waals surface area contributed by atoms with Crippen molar-refractivity contribution in [3.63, 3.8) is 0 Å². The highest BCUT2D eigenvalue weighted by Gasteiger charge is 2.42. The van der Waals surface area contributed by atoms with Crippen LogP contribution in [0, 0.1) is 19.7 Å². The summed E-state index contributed by atoms with van der Waals surface area (Å²) in [6, 6.07) is 11.9. The molecule has 1 aliphatic rings. The van der Waals surface area contributed by atoms with Crippen molar-refractivity contribution in [3.8, 4) is 0 Å². The van der Waals surface area contributed by atoms with Crippen LogP contribution in [-0.4, -0.2) is 69.2 Å².